The van der Waals surface area contributed by atoms with Crippen molar-refractivity contribution in [1.82, 2.24) is 10.6 Å². The topological polar surface area (TPSA) is 41.1 Å². The lowest BCUT2D eigenvalue weighted by molar-refractivity contribution is -0.122. The average Bonchev–Trinajstić information content (AvgIpc) is 2.61. The van der Waals surface area contributed by atoms with E-state index in [1.807, 2.05) is 0 Å². The van der Waals surface area contributed by atoms with Gasteiger partial charge in [-0.05, 0) is 24.7 Å². The summed E-state index contributed by atoms with van der Waals surface area (Å²) in [6, 6.07) is 0.0856. The van der Waals surface area contributed by atoms with Crippen LogP contribution in [0.1, 0.15) is 19.3 Å². The Morgan fingerprint density at radius 1 is 1.64 bits per heavy atom. The second kappa shape index (κ2) is 2.21. The Labute approximate surface area is 66.5 Å². The number of carbonyl (C=O) groups is 1. The van der Waals surface area contributed by atoms with Gasteiger partial charge in [-0.3, -0.25) is 4.79 Å². The van der Waals surface area contributed by atoms with E-state index in [-0.39, 0.29) is 11.9 Å². The summed E-state index contributed by atoms with van der Waals surface area (Å²) < 4.78 is 0. The number of nitrogens with one attached hydrogen (secondary N) is 2. The minimum atomic E-state index is 0.0856. The molecule has 1 saturated carbocycles. The molecule has 0 radical (unpaired) electrons. The van der Waals surface area contributed by atoms with Gasteiger partial charge < -0.3 is 10.6 Å². The van der Waals surface area contributed by atoms with Crippen LogP contribution >= 0.6 is 0 Å². The van der Waals surface area contributed by atoms with Gasteiger partial charge in [0.1, 0.15) is 0 Å². The second-order valence-corrected chi connectivity index (χ2v) is 3.75. The molecule has 1 saturated heterocycles. The van der Waals surface area contributed by atoms with E-state index in [1.165, 1.54) is 12.8 Å². The fourth-order valence-electron chi connectivity index (χ4n) is 1.83. The number of hydrogen-bond donors (Lipinski definition) is 2. The molecule has 11 heavy (non-hydrogen) atoms. The second-order valence-electron chi connectivity index (χ2n) is 3.75. The molecule has 1 spiro atoms. The first-order valence-corrected chi connectivity index (χ1v) is 4.21. The molecule has 2 fully saturated rings. The summed E-state index contributed by atoms with van der Waals surface area (Å²) in [6.45, 7) is 1.05. The first kappa shape index (κ1) is 7.10. The Kier molecular flexibility index (Phi) is 1.42. The normalized spacial score (nSPS) is 32.3. The van der Waals surface area contributed by atoms with Crippen molar-refractivity contribution < 1.29 is 4.79 Å². The highest BCUT2D eigenvalue weighted by Gasteiger charge is 2.49. The number of hydrogen-bond acceptors (Lipinski definition) is 2. The SMILES string of the molecule is CNC(=O)C1CC2(CC2)CN1. The van der Waals surface area contributed by atoms with Crippen LogP contribution in [0.25, 0.3) is 0 Å². The third-order valence-corrected chi connectivity index (χ3v) is 2.88. The maximum atomic E-state index is 11.2. The lowest BCUT2D eigenvalue weighted by Gasteiger charge is -2.06. The average molecular weight is 154 g/mol. The van der Waals surface area contributed by atoms with E-state index in [0.717, 1.165) is 13.0 Å². The van der Waals surface area contributed by atoms with Crippen LogP contribution in [0.4, 0.5) is 0 Å². The van der Waals surface area contributed by atoms with Crippen molar-refractivity contribution in [2.75, 3.05) is 13.6 Å². The molecule has 0 aromatic carbocycles. The van der Waals surface area contributed by atoms with Crippen molar-refractivity contribution in [2.45, 2.75) is 25.3 Å². The van der Waals surface area contributed by atoms with Crippen LogP contribution in [0, 0.1) is 5.41 Å². The van der Waals surface area contributed by atoms with Gasteiger partial charge in [0.15, 0.2) is 0 Å². The first-order valence-electron chi connectivity index (χ1n) is 4.21. The van der Waals surface area contributed by atoms with E-state index >= 15 is 0 Å². The lowest BCUT2D eigenvalue weighted by atomic mass is 10.0. The molecule has 3 heteroatoms. The van der Waals surface area contributed by atoms with E-state index in [1.54, 1.807) is 7.05 Å². The number of rotatable bonds is 1. The van der Waals surface area contributed by atoms with Crippen LogP contribution < -0.4 is 10.6 Å². The van der Waals surface area contributed by atoms with Crippen LogP contribution in [0.5, 0.6) is 0 Å². The Morgan fingerprint density at radius 2 is 2.36 bits per heavy atom. The summed E-state index contributed by atoms with van der Waals surface area (Å²) in [4.78, 5) is 11.2. The lowest BCUT2D eigenvalue weighted by Crippen LogP contribution is -2.38. The fourth-order valence-corrected chi connectivity index (χ4v) is 1.83. The van der Waals surface area contributed by atoms with Gasteiger partial charge in [0.2, 0.25) is 5.91 Å². The largest absolute Gasteiger partial charge is 0.358 e. The molecular weight excluding hydrogens is 140 g/mol. The van der Waals surface area contributed by atoms with Crippen LogP contribution in [0.3, 0.4) is 0 Å². The van der Waals surface area contributed by atoms with Crippen molar-refractivity contribution in [3.63, 3.8) is 0 Å². The monoisotopic (exact) mass is 154 g/mol. The predicted molar refractivity (Wildman–Crippen MR) is 42.1 cm³/mol. The van der Waals surface area contributed by atoms with Crippen LogP contribution in [0.15, 0.2) is 0 Å². The van der Waals surface area contributed by atoms with E-state index < -0.39 is 0 Å². The minimum Gasteiger partial charge on any atom is -0.358 e. The molecular formula is C8H14N2O. The Bertz CT molecular complexity index is 187. The molecule has 3 nitrogen and oxygen atoms in total. The van der Waals surface area contributed by atoms with Gasteiger partial charge in [-0.25, -0.2) is 0 Å². The van der Waals surface area contributed by atoms with Gasteiger partial charge in [-0.15, -0.1) is 0 Å². The quantitative estimate of drug-likeness (QED) is 0.552. The number of carbonyl (C=O) groups excluding carboxylic acids is 1. The highest BCUT2D eigenvalue weighted by Crippen LogP contribution is 2.51. The van der Waals surface area contributed by atoms with Crippen molar-refractivity contribution in [1.29, 1.82) is 0 Å². The van der Waals surface area contributed by atoms with Crippen LogP contribution in [-0.4, -0.2) is 25.5 Å². The van der Waals surface area contributed by atoms with Crippen molar-refractivity contribution in [3.8, 4) is 0 Å². The van der Waals surface area contributed by atoms with Crippen LogP contribution in [-0.2, 0) is 4.79 Å². The summed E-state index contributed by atoms with van der Waals surface area (Å²) >= 11 is 0. The number of amides is 1. The van der Waals surface area contributed by atoms with Gasteiger partial charge in [0, 0.05) is 13.6 Å². The zero-order valence-electron chi connectivity index (χ0n) is 6.81. The van der Waals surface area contributed by atoms with E-state index in [4.69, 9.17) is 0 Å². The Hall–Kier alpha value is -0.570. The molecule has 0 aromatic rings. The van der Waals surface area contributed by atoms with Gasteiger partial charge in [0.05, 0.1) is 6.04 Å². The van der Waals surface area contributed by atoms with Crippen molar-refractivity contribution in [2.24, 2.45) is 5.41 Å². The van der Waals surface area contributed by atoms with Crippen molar-refractivity contribution in [3.05, 3.63) is 0 Å². The molecule has 2 rings (SSSR count). The molecule has 0 bridgehead atoms. The smallest absolute Gasteiger partial charge is 0.236 e. The standard InChI is InChI=1S/C8H14N2O/c1-9-7(11)6-4-8(2-3-8)5-10-6/h6,10H,2-5H2,1H3,(H,9,11). The Morgan fingerprint density at radius 3 is 2.82 bits per heavy atom. The molecule has 2 aliphatic rings. The highest BCUT2D eigenvalue weighted by atomic mass is 16.2. The predicted octanol–water partition coefficient (Wildman–Crippen LogP) is -0.126. The van der Waals surface area contributed by atoms with Crippen LogP contribution in [0.2, 0.25) is 0 Å². The molecule has 1 atom stereocenters. The zero-order chi connectivity index (χ0) is 7.90. The van der Waals surface area contributed by atoms with Gasteiger partial charge in [-0.2, -0.15) is 0 Å². The van der Waals surface area contributed by atoms with Gasteiger partial charge in [0.25, 0.3) is 0 Å². The summed E-state index contributed by atoms with van der Waals surface area (Å²) in [5, 5.41) is 5.92. The van der Waals surface area contributed by atoms with Gasteiger partial charge >= 0.3 is 0 Å². The fraction of sp³-hybridized carbons (Fsp3) is 0.875. The third kappa shape index (κ3) is 1.13. The summed E-state index contributed by atoms with van der Waals surface area (Å²) in [5.74, 6) is 0.147. The summed E-state index contributed by atoms with van der Waals surface area (Å²) in [6.07, 6.45) is 3.67. The first-order chi connectivity index (χ1) is 5.26. The molecule has 2 N–H and O–H groups in total. The van der Waals surface area contributed by atoms with E-state index in [2.05, 4.69) is 10.6 Å². The molecule has 1 aliphatic carbocycles. The molecule has 1 heterocycles. The minimum absolute atomic E-state index is 0.0856. The van der Waals surface area contributed by atoms with Crippen molar-refractivity contribution >= 4 is 5.91 Å². The molecule has 0 aromatic heterocycles. The summed E-state index contributed by atoms with van der Waals surface area (Å²) in [7, 11) is 1.70. The molecule has 1 amide bonds. The zero-order valence-corrected chi connectivity index (χ0v) is 6.81. The van der Waals surface area contributed by atoms with Gasteiger partial charge in [-0.1, -0.05) is 0 Å². The van der Waals surface area contributed by atoms with E-state index in [0.29, 0.717) is 5.41 Å². The number of likely N-dealkylation sites (N-methyl/N-ethyl adjacent to an activating group) is 1. The Balaban J connectivity index is 1.94. The molecule has 62 valence electrons. The van der Waals surface area contributed by atoms with E-state index in [9.17, 15) is 4.79 Å². The molecule has 1 unspecified atom stereocenters. The summed E-state index contributed by atoms with van der Waals surface area (Å²) in [5.41, 5.74) is 0.525. The maximum Gasteiger partial charge on any atom is 0.236 e. The highest BCUT2D eigenvalue weighted by molar-refractivity contribution is 5.82. The molecule has 1 aliphatic heterocycles. The third-order valence-electron chi connectivity index (χ3n) is 2.88. The maximum absolute atomic E-state index is 11.2.